The van der Waals surface area contributed by atoms with Gasteiger partial charge < -0.3 is 15.4 Å². The monoisotopic (exact) mass is 488 g/mol. The van der Waals surface area contributed by atoms with E-state index < -0.39 is 0 Å². The van der Waals surface area contributed by atoms with Crippen LogP contribution in [0.25, 0.3) is 0 Å². The molecular weight excluding hydrogens is 456 g/mol. The fraction of sp³-hybridized carbons (Fsp3) is 0.346. The fourth-order valence-corrected chi connectivity index (χ4v) is 3.24. The van der Waals surface area contributed by atoms with Crippen LogP contribution in [0.2, 0.25) is 0 Å². The molecule has 0 aromatic carbocycles. The highest BCUT2D eigenvalue weighted by molar-refractivity contribution is 6.06. The molecule has 1 saturated carbocycles. The lowest BCUT2D eigenvalue weighted by molar-refractivity contribution is 0.0968. The molecule has 10 heteroatoms. The third-order valence-electron chi connectivity index (χ3n) is 5.05. The zero-order valence-corrected chi connectivity index (χ0v) is 21.3. The van der Waals surface area contributed by atoms with Crippen LogP contribution in [0.1, 0.15) is 61.6 Å². The molecule has 0 amide bonds. The van der Waals surface area contributed by atoms with Crippen LogP contribution in [0, 0.1) is 18.3 Å². The van der Waals surface area contributed by atoms with Gasteiger partial charge in [-0.2, -0.15) is 5.10 Å². The molecule has 1 aliphatic carbocycles. The van der Waals surface area contributed by atoms with Crippen LogP contribution in [0.5, 0.6) is 5.75 Å². The number of aryl methyl sites for hydroxylation is 1. The Bertz CT molecular complexity index is 1240. The molecule has 188 valence electrons. The van der Waals surface area contributed by atoms with E-state index in [0.717, 1.165) is 18.5 Å². The van der Waals surface area contributed by atoms with Crippen LogP contribution >= 0.6 is 0 Å². The number of hydrogen-bond acceptors (Lipinski definition) is 9. The van der Waals surface area contributed by atoms with E-state index in [1.165, 1.54) is 19.7 Å². The van der Waals surface area contributed by atoms with Crippen LogP contribution in [0.15, 0.2) is 41.7 Å². The van der Waals surface area contributed by atoms with Crippen LogP contribution in [0.4, 0.5) is 23.1 Å². The van der Waals surface area contributed by atoms with Crippen molar-refractivity contribution in [2.24, 2.45) is 10.9 Å². The molecule has 0 spiro atoms. The van der Waals surface area contributed by atoms with Gasteiger partial charge in [0.1, 0.15) is 5.82 Å². The average molecular weight is 489 g/mol. The number of methoxy groups -OCH3 is 1. The van der Waals surface area contributed by atoms with Gasteiger partial charge in [0.2, 0.25) is 0 Å². The smallest absolute Gasteiger partial charge is 0.173 e. The molecule has 1 fully saturated rings. The van der Waals surface area contributed by atoms with Gasteiger partial charge in [-0.15, -0.1) is 5.10 Å². The van der Waals surface area contributed by atoms with Gasteiger partial charge in [0.25, 0.3) is 0 Å². The minimum atomic E-state index is 0.0161. The van der Waals surface area contributed by atoms with Crippen molar-refractivity contribution >= 4 is 41.0 Å². The third-order valence-corrected chi connectivity index (χ3v) is 5.05. The van der Waals surface area contributed by atoms with Crippen molar-refractivity contribution in [3.05, 3.63) is 53.5 Å². The summed E-state index contributed by atoms with van der Waals surface area (Å²) in [7, 11) is 1.50. The van der Waals surface area contributed by atoms with Gasteiger partial charge in [-0.25, -0.2) is 15.0 Å². The Morgan fingerprint density at radius 2 is 1.89 bits per heavy atom. The molecule has 0 saturated heterocycles. The molecule has 36 heavy (non-hydrogen) atoms. The maximum absolute atomic E-state index is 12.9. The van der Waals surface area contributed by atoms with E-state index in [4.69, 9.17) is 10.1 Å². The summed E-state index contributed by atoms with van der Waals surface area (Å²) in [4.78, 5) is 25.7. The average Bonchev–Trinajstić information content (AvgIpc) is 3.71. The van der Waals surface area contributed by atoms with Gasteiger partial charge in [-0.1, -0.05) is 20.3 Å². The standard InChI is InChI=1S/C23H24N8O2.C3H8/c1-4-25-22(24)15-9-10-26-23(21(15)33-3)28-17-11-19(29-18-8-5-13(2)30-31-18)27-12-16(17)20(32)14-6-7-14;1-3-2/h4-5,8-12,14,24H,6-7H2,1-3H3,(H2,26,27,28,29,31);3H2,1-2H3. The first-order chi connectivity index (χ1) is 17.4. The number of rotatable bonds is 8. The van der Waals surface area contributed by atoms with Crippen molar-refractivity contribution in [1.82, 2.24) is 20.2 Å². The van der Waals surface area contributed by atoms with Crippen LogP contribution in [0.3, 0.4) is 0 Å². The van der Waals surface area contributed by atoms with E-state index in [2.05, 4.69) is 49.6 Å². The number of carbonyl (C=O) groups excluding carboxylic acids is 1. The van der Waals surface area contributed by atoms with Crippen molar-refractivity contribution in [2.75, 3.05) is 17.7 Å². The lowest BCUT2D eigenvalue weighted by atomic mass is 10.1. The number of aliphatic imine (C=N–C) groups is 1. The van der Waals surface area contributed by atoms with Gasteiger partial charge in [0, 0.05) is 30.6 Å². The highest BCUT2D eigenvalue weighted by Gasteiger charge is 2.32. The van der Waals surface area contributed by atoms with Crippen molar-refractivity contribution < 1.29 is 9.53 Å². The second-order valence-electron chi connectivity index (χ2n) is 8.25. The van der Waals surface area contributed by atoms with Gasteiger partial charge in [-0.3, -0.25) is 10.2 Å². The van der Waals surface area contributed by atoms with Crippen molar-refractivity contribution in [1.29, 1.82) is 5.41 Å². The number of Topliss-reactive ketones (excluding diaryl/α,β-unsaturated/α-hetero) is 1. The van der Waals surface area contributed by atoms with Crippen LogP contribution < -0.4 is 15.4 Å². The number of aromatic nitrogens is 4. The Morgan fingerprint density at radius 3 is 2.50 bits per heavy atom. The molecule has 3 heterocycles. The molecule has 0 unspecified atom stereocenters. The molecule has 0 radical (unpaired) electrons. The van der Waals surface area contributed by atoms with Gasteiger partial charge in [0.15, 0.2) is 29.0 Å². The molecule has 3 aromatic heterocycles. The van der Waals surface area contributed by atoms with Crippen molar-refractivity contribution in [2.45, 2.75) is 47.0 Å². The zero-order valence-electron chi connectivity index (χ0n) is 21.3. The second-order valence-corrected chi connectivity index (χ2v) is 8.25. The maximum Gasteiger partial charge on any atom is 0.173 e. The summed E-state index contributed by atoms with van der Waals surface area (Å²) in [5.74, 6) is 1.83. The van der Waals surface area contributed by atoms with Gasteiger partial charge >= 0.3 is 0 Å². The predicted octanol–water partition coefficient (Wildman–Crippen LogP) is 5.50. The quantitative estimate of drug-likeness (QED) is 0.215. The van der Waals surface area contributed by atoms with E-state index in [-0.39, 0.29) is 17.5 Å². The molecule has 10 nitrogen and oxygen atoms in total. The molecule has 4 rings (SSSR count). The van der Waals surface area contributed by atoms with E-state index in [9.17, 15) is 4.79 Å². The molecule has 1 aliphatic rings. The summed E-state index contributed by atoms with van der Waals surface area (Å²) in [6.45, 7) is 7.84. The zero-order chi connectivity index (χ0) is 26.1. The number of amidine groups is 1. The largest absolute Gasteiger partial charge is 0.492 e. The summed E-state index contributed by atoms with van der Waals surface area (Å²) in [5.41, 5.74) is 2.27. The van der Waals surface area contributed by atoms with Gasteiger partial charge in [-0.05, 0) is 44.9 Å². The lowest BCUT2D eigenvalue weighted by Crippen LogP contribution is -2.10. The Balaban J connectivity index is 0.00000115. The minimum Gasteiger partial charge on any atom is -0.492 e. The first-order valence-electron chi connectivity index (χ1n) is 11.9. The third kappa shape index (κ3) is 6.68. The number of anilines is 4. The van der Waals surface area contributed by atoms with Gasteiger partial charge in [0.05, 0.1) is 29.6 Å². The molecule has 0 aliphatic heterocycles. The molecular formula is C26H32N8O2. The topological polar surface area (TPSA) is 138 Å². The molecule has 3 aromatic rings. The van der Waals surface area contributed by atoms with E-state index in [0.29, 0.717) is 40.0 Å². The second kappa shape index (κ2) is 12.5. The number of nitrogens with one attached hydrogen (secondary N) is 3. The van der Waals surface area contributed by atoms with E-state index >= 15 is 0 Å². The van der Waals surface area contributed by atoms with Crippen LogP contribution in [-0.2, 0) is 0 Å². The Morgan fingerprint density at radius 1 is 1.14 bits per heavy atom. The molecule has 0 bridgehead atoms. The number of ketones is 1. The number of hydrogen-bond donors (Lipinski definition) is 3. The number of ether oxygens (including phenoxy) is 1. The summed E-state index contributed by atoms with van der Waals surface area (Å²) >= 11 is 0. The Labute approximate surface area is 211 Å². The molecule has 3 N–H and O–H groups in total. The number of carbonyl (C=O) groups is 1. The normalized spacial score (nSPS) is 12.5. The fourth-order valence-electron chi connectivity index (χ4n) is 3.24. The van der Waals surface area contributed by atoms with E-state index in [1.807, 2.05) is 13.0 Å². The first kappa shape index (κ1) is 26.4. The highest BCUT2D eigenvalue weighted by atomic mass is 16.5. The SMILES string of the molecule is CC=NC(=N)c1ccnc(Nc2cc(Nc3ccc(C)nn3)ncc2C(=O)C2CC2)c1OC.CCC. The summed E-state index contributed by atoms with van der Waals surface area (Å²) < 4.78 is 5.54. The maximum atomic E-state index is 12.9. The number of nitrogens with zero attached hydrogens (tertiary/aromatic N) is 5. The Hall–Kier alpha value is -4.21. The lowest BCUT2D eigenvalue weighted by Gasteiger charge is -2.16. The minimum absolute atomic E-state index is 0.0161. The predicted molar refractivity (Wildman–Crippen MR) is 142 cm³/mol. The van der Waals surface area contributed by atoms with Crippen molar-refractivity contribution in [3.63, 3.8) is 0 Å². The first-order valence-corrected chi connectivity index (χ1v) is 11.9. The number of pyridine rings is 2. The molecule has 0 atom stereocenters. The highest BCUT2D eigenvalue weighted by Crippen LogP contribution is 2.37. The summed E-state index contributed by atoms with van der Waals surface area (Å²) in [5, 5.41) is 22.6. The Kier molecular flexibility index (Phi) is 9.15. The van der Waals surface area contributed by atoms with E-state index in [1.54, 1.807) is 37.5 Å². The summed E-state index contributed by atoms with van der Waals surface area (Å²) in [6.07, 6.45) is 7.65. The summed E-state index contributed by atoms with van der Waals surface area (Å²) in [6, 6.07) is 7.02. The van der Waals surface area contributed by atoms with Crippen molar-refractivity contribution in [3.8, 4) is 5.75 Å². The van der Waals surface area contributed by atoms with Crippen LogP contribution in [-0.4, -0.2) is 45.1 Å².